The van der Waals surface area contributed by atoms with E-state index >= 15 is 0 Å². The van der Waals surface area contributed by atoms with E-state index in [1.54, 1.807) is 28.6 Å². The number of rotatable bonds is 5. The molecular formula is C20H23N3O3S. The molecule has 1 fully saturated rings. The van der Waals surface area contributed by atoms with Gasteiger partial charge in [0.2, 0.25) is 10.0 Å². The van der Waals surface area contributed by atoms with Crippen LogP contribution in [-0.4, -0.2) is 42.5 Å². The van der Waals surface area contributed by atoms with Crippen molar-refractivity contribution in [1.29, 1.82) is 0 Å². The van der Waals surface area contributed by atoms with E-state index in [4.69, 9.17) is 4.74 Å². The molecule has 7 heteroatoms. The maximum atomic E-state index is 12.9. The summed E-state index contributed by atoms with van der Waals surface area (Å²) in [6.45, 7) is 1.95. The first kappa shape index (κ1) is 18.0. The smallest absolute Gasteiger partial charge is 0.243 e. The Bertz CT molecular complexity index is 1040. The van der Waals surface area contributed by atoms with E-state index < -0.39 is 10.0 Å². The number of aromatic nitrogens is 2. The van der Waals surface area contributed by atoms with E-state index in [-0.39, 0.29) is 0 Å². The van der Waals surface area contributed by atoms with E-state index in [0.29, 0.717) is 29.7 Å². The van der Waals surface area contributed by atoms with Gasteiger partial charge < -0.3 is 9.30 Å². The van der Waals surface area contributed by atoms with Crippen LogP contribution in [0.5, 0.6) is 5.75 Å². The van der Waals surface area contributed by atoms with Crippen molar-refractivity contribution in [2.24, 2.45) is 5.92 Å². The lowest BCUT2D eigenvalue weighted by molar-refractivity contribution is 0.254. The maximum absolute atomic E-state index is 12.9. The summed E-state index contributed by atoms with van der Waals surface area (Å²) in [6, 6.07) is 14.8. The van der Waals surface area contributed by atoms with E-state index in [2.05, 4.69) is 15.6 Å². The minimum Gasteiger partial charge on any atom is -0.497 e. The Labute approximate surface area is 159 Å². The average Bonchev–Trinajstić information content (AvgIpc) is 3.11. The molecule has 0 aliphatic carbocycles. The Morgan fingerprint density at radius 3 is 2.67 bits per heavy atom. The fourth-order valence-corrected chi connectivity index (χ4v) is 5.18. The maximum Gasteiger partial charge on any atom is 0.243 e. The van der Waals surface area contributed by atoms with Gasteiger partial charge in [-0.3, -0.25) is 0 Å². The van der Waals surface area contributed by atoms with Crippen LogP contribution in [0.2, 0.25) is 0 Å². The Morgan fingerprint density at radius 2 is 1.89 bits per heavy atom. The van der Waals surface area contributed by atoms with Crippen LogP contribution in [0.15, 0.2) is 59.8 Å². The summed E-state index contributed by atoms with van der Waals surface area (Å²) in [5, 5.41) is 0. The summed E-state index contributed by atoms with van der Waals surface area (Å²) >= 11 is 0. The Balaban J connectivity index is 1.44. The van der Waals surface area contributed by atoms with Crippen molar-refractivity contribution in [3.8, 4) is 5.75 Å². The number of benzene rings is 2. The summed E-state index contributed by atoms with van der Waals surface area (Å²) in [5.74, 6) is 0.998. The molecule has 2 aromatic carbocycles. The number of para-hydroxylation sites is 2. The highest BCUT2D eigenvalue weighted by Crippen LogP contribution is 2.27. The number of sulfonamides is 1. The highest BCUT2D eigenvalue weighted by Gasteiger charge is 2.29. The third-order valence-corrected chi connectivity index (χ3v) is 7.13. The van der Waals surface area contributed by atoms with Crippen molar-refractivity contribution in [3.05, 3.63) is 54.9 Å². The van der Waals surface area contributed by atoms with Crippen LogP contribution in [0.25, 0.3) is 11.0 Å². The monoisotopic (exact) mass is 385 g/mol. The number of hydrogen-bond acceptors (Lipinski definition) is 4. The van der Waals surface area contributed by atoms with Gasteiger partial charge in [0.25, 0.3) is 0 Å². The lowest BCUT2D eigenvalue weighted by atomic mass is 9.98. The first-order chi connectivity index (χ1) is 13.1. The van der Waals surface area contributed by atoms with Gasteiger partial charge in [-0.1, -0.05) is 18.2 Å². The molecule has 0 N–H and O–H groups in total. The average molecular weight is 385 g/mol. The molecule has 4 rings (SSSR count). The molecule has 0 spiro atoms. The van der Waals surface area contributed by atoms with E-state index in [0.717, 1.165) is 30.4 Å². The SMILES string of the molecule is COc1cccc(S(=O)(=O)N2CCC(Cn3cnc4ccccc43)CC2)c1. The van der Waals surface area contributed by atoms with Gasteiger partial charge >= 0.3 is 0 Å². The van der Waals surface area contributed by atoms with Crippen LogP contribution in [-0.2, 0) is 16.6 Å². The largest absolute Gasteiger partial charge is 0.497 e. The molecule has 1 aromatic heterocycles. The van der Waals surface area contributed by atoms with Crippen LogP contribution < -0.4 is 4.74 Å². The Kier molecular flexibility index (Phi) is 4.88. The molecule has 2 heterocycles. The summed E-state index contributed by atoms with van der Waals surface area (Å²) < 4.78 is 34.7. The standard InChI is InChI=1S/C20H23N3O3S/c1-26-17-5-4-6-18(13-17)27(24,25)23-11-9-16(10-12-23)14-22-15-21-19-7-2-3-8-20(19)22/h2-8,13,15-16H,9-12,14H2,1H3. The Hall–Kier alpha value is -2.38. The first-order valence-electron chi connectivity index (χ1n) is 9.12. The fourth-order valence-electron chi connectivity index (χ4n) is 3.68. The van der Waals surface area contributed by atoms with E-state index in [1.165, 1.54) is 7.11 Å². The molecule has 0 radical (unpaired) electrons. The van der Waals surface area contributed by atoms with Gasteiger partial charge in [-0.15, -0.1) is 0 Å². The fraction of sp³-hybridized carbons (Fsp3) is 0.350. The van der Waals surface area contributed by atoms with Crippen LogP contribution >= 0.6 is 0 Å². The molecule has 142 valence electrons. The third kappa shape index (κ3) is 3.57. The molecule has 0 amide bonds. The number of fused-ring (bicyclic) bond motifs is 1. The van der Waals surface area contributed by atoms with Crippen LogP contribution in [0.1, 0.15) is 12.8 Å². The summed E-state index contributed by atoms with van der Waals surface area (Å²) in [7, 11) is -1.94. The highest BCUT2D eigenvalue weighted by atomic mass is 32.2. The molecule has 27 heavy (non-hydrogen) atoms. The van der Waals surface area contributed by atoms with Crippen molar-refractivity contribution < 1.29 is 13.2 Å². The highest BCUT2D eigenvalue weighted by molar-refractivity contribution is 7.89. The zero-order valence-electron chi connectivity index (χ0n) is 15.3. The normalized spacial score (nSPS) is 16.6. The van der Waals surface area contributed by atoms with Gasteiger partial charge in [0.1, 0.15) is 5.75 Å². The second kappa shape index (κ2) is 7.32. The van der Waals surface area contributed by atoms with E-state index in [1.807, 2.05) is 24.5 Å². The second-order valence-electron chi connectivity index (χ2n) is 6.91. The number of methoxy groups -OCH3 is 1. The minimum absolute atomic E-state index is 0.293. The molecule has 3 aromatic rings. The molecule has 0 unspecified atom stereocenters. The van der Waals surface area contributed by atoms with Crippen molar-refractivity contribution >= 4 is 21.1 Å². The third-order valence-electron chi connectivity index (χ3n) is 5.23. The first-order valence-corrected chi connectivity index (χ1v) is 10.6. The van der Waals surface area contributed by atoms with Gasteiger partial charge in [0, 0.05) is 25.7 Å². The predicted octanol–water partition coefficient (Wildman–Crippen LogP) is 3.15. The number of nitrogens with zero attached hydrogens (tertiary/aromatic N) is 3. The second-order valence-corrected chi connectivity index (χ2v) is 8.85. The zero-order chi connectivity index (χ0) is 18.9. The summed E-state index contributed by atoms with van der Waals surface area (Å²) in [4.78, 5) is 4.73. The molecule has 1 saturated heterocycles. The van der Waals surface area contributed by atoms with Gasteiger partial charge in [-0.2, -0.15) is 4.31 Å². The molecule has 0 saturated carbocycles. The van der Waals surface area contributed by atoms with Crippen LogP contribution in [0.4, 0.5) is 0 Å². The molecule has 1 aliphatic heterocycles. The summed E-state index contributed by atoms with van der Waals surface area (Å²) in [6.07, 6.45) is 3.56. The molecule has 1 aliphatic rings. The van der Waals surface area contributed by atoms with Gasteiger partial charge in [0.05, 0.1) is 29.4 Å². The molecular weight excluding hydrogens is 362 g/mol. The Morgan fingerprint density at radius 1 is 1.11 bits per heavy atom. The van der Waals surface area contributed by atoms with Gasteiger partial charge in [0.15, 0.2) is 0 Å². The minimum atomic E-state index is -3.48. The number of ether oxygens (including phenoxy) is 1. The lowest BCUT2D eigenvalue weighted by Gasteiger charge is -2.31. The van der Waals surface area contributed by atoms with Gasteiger partial charge in [-0.05, 0) is 43.0 Å². The quantitative estimate of drug-likeness (QED) is 0.677. The van der Waals surface area contributed by atoms with Crippen molar-refractivity contribution in [2.45, 2.75) is 24.3 Å². The molecule has 6 nitrogen and oxygen atoms in total. The van der Waals surface area contributed by atoms with Crippen molar-refractivity contribution in [1.82, 2.24) is 13.9 Å². The zero-order valence-corrected chi connectivity index (χ0v) is 16.1. The summed E-state index contributed by atoms with van der Waals surface area (Å²) in [5.41, 5.74) is 2.12. The van der Waals surface area contributed by atoms with E-state index in [9.17, 15) is 8.42 Å². The van der Waals surface area contributed by atoms with Crippen LogP contribution in [0.3, 0.4) is 0 Å². The van der Waals surface area contributed by atoms with Crippen LogP contribution in [0, 0.1) is 5.92 Å². The molecule has 0 atom stereocenters. The lowest BCUT2D eigenvalue weighted by Crippen LogP contribution is -2.39. The van der Waals surface area contributed by atoms with Gasteiger partial charge in [-0.25, -0.2) is 13.4 Å². The van der Waals surface area contributed by atoms with Crippen molar-refractivity contribution in [3.63, 3.8) is 0 Å². The van der Waals surface area contributed by atoms with Crippen molar-refractivity contribution in [2.75, 3.05) is 20.2 Å². The predicted molar refractivity (Wildman–Crippen MR) is 104 cm³/mol. The number of hydrogen-bond donors (Lipinski definition) is 0. The number of imidazole rings is 1. The topological polar surface area (TPSA) is 64.4 Å². The molecule has 0 bridgehead atoms. The number of piperidine rings is 1.